The summed E-state index contributed by atoms with van der Waals surface area (Å²) in [7, 11) is 0. The number of rotatable bonds is 5. The highest BCUT2D eigenvalue weighted by atomic mass is 16.5. The quantitative estimate of drug-likeness (QED) is 0.707. The van der Waals surface area contributed by atoms with Crippen LogP contribution in [0.15, 0.2) is 77.6 Å². The van der Waals surface area contributed by atoms with E-state index in [9.17, 15) is 9.59 Å². The molecule has 0 bridgehead atoms. The maximum Gasteiger partial charge on any atom is 0.260 e. The van der Waals surface area contributed by atoms with Gasteiger partial charge in [0.2, 0.25) is 0 Å². The third-order valence-electron chi connectivity index (χ3n) is 5.61. The zero-order valence-corrected chi connectivity index (χ0v) is 17.1. The Hall–Kier alpha value is -3.18. The highest BCUT2D eigenvalue weighted by Gasteiger charge is 2.29. The first-order valence-electron chi connectivity index (χ1n) is 10.3. The predicted octanol–water partition coefficient (Wildman–Crippen LogP) is 3.75. The van der Waals surface area contributed by atoms with E-state index in [0.717, 1.165) is 12.1 Å². The van der Waals surface area contributed by atoms with Crippen LogP contribution in [0.1, 0.15) is 39.5 Å². The van der Waals surface area contributed by atoms with E-state index in [-0.39, 0.29) is 29.1 Å². The van der Waals surface area contributed by atoms with Gasteiger partial charge in [0.1, 0.15) is 5.56 Å². The lowest BCUT2D eigenvalue weighted by Gasteiger charge is -2.35. The number of carbonyl (C=O) groups is 1. The Kier molecular flexibility index (Phi) is 6.10. The minimum absolute atomic E-state index is 0.0994. The summed E-state index contributed by atoms with van der Waals surface area (Å²) in [6, 6.07) is 24.1. The molecule has 3 aromatic rings. The third kappa shape index (κ3) is 4.52. The van der Waals surface area contributed by atoms with Crippen LogP contribution in [-0.2, 0) is 4.74 Å². The number of amides is 1. The zero-order valence-electron chi connectivity index (χ0n) is 17.1. The zero-order chi connectivity index (χ0) is 20.9. The fraction of sp³-hybridized carbons (Fsp3) is 0.280. The van der Waals surface area contributed by atoms with Crippen LogP contribution in [0.25, 0.3) is 0 Å². The number of ether oxygens (including phenoxy) is 1. The van der Waals surface area contributed by atoms with Crippen molar-refractivity contribution >= 4 is 5.91 Å². The van der Waals surface area contributed by atoms with E-state index < -0.39 is 0 Å². The molecule has 0 spiro atoms. The fourth-order valence-electron chi connectivity index (χ4n) is 4.06. The van der Waals surface area contributed by atoms with Gasteiger partial charge in [-0.3, -0.25) is 9.59 Å². The Labute approximate surface area is 176 Å². The molecule has 5 nitrogen and oxygen atoms in total. The molecule has 1 saturated heterocycles. The van der Waals surface area contributed by atoms with E-state index in [4.69, 9.17) is 4.74 Å². The number of H-pyrrole nitrogens is 1. The molecule has 1 atom stereocenters. The van der Waals surface area contributed by atoms with Crippen molar-refractivity contribution in [2.24, 2.45) is 0 Å². The first-order valence-corrected chi connectivity index (χ1v) is 10.3. The van der Waals surface area contributed by atoms with Gasteiger partial charge in [-0.1, -0.05) is 60.7 Å². The van der Waals surface area contributed by atoms with Gasteiger partial charge in [0.25, 0.3) is 11.5 Å². The summed E-state index contributed by atoms with van der Waals surface area (Å²) in [5.41, 5.74) is 3.04. The average Bonchev–Trinajstić information content (AvgIpc) is 2.78. The molecule has 0 aliphatic carbocycles. The molecule has 154 valence electrons. The summed E-state index contributed by atoms with van der Waals surface area (Å²) < 4.78 is 6.04. The van der Waals surface area contributed by atoms with Gasteiger partial charge >= 0.3 is 0 Å². The van der Waals surface area contributed by atoms with Gasteiger partial charge in [-0.15, -0.1) is 0 Å². The van der Waals surface area contributed by atoms with Crippen molar-refractivity contribution in [1.29, 1.82) is 0 Å². The van der Waals surface area contributed by atoms with Crippen LogP contribution in [0.3, 0.4) is 0 Å². The van der Waals surface area contributed by atoms with Gasteiger partial charge < -0.3 is 14.6 Å². The first-order chi connectivity index (χ1) is 14.6. The minimum Gasteiger partial charge on any atom is -0.375 e. The molecule has 1 fully saturated rings. The number of hydrogen-bond donors (Lipinski definition) is 1. The molecule has 4 rings (SSSR count). The van der Waals surface area contributed by atoms with Crippen molar-refractivity contribution in [2.75, 3.05) is 19.7 Å². The Bertz CT molecular complexity index is 1010. The van der Waals surface area contributed by atoms with Crippen molar-refractivity contribution in [3.63, 3.8) is 0 Å². The number of morpholine rings is 1. The van der Waals surface area contributed by atoms with Crippen LogP contribution >= 0.6 is 0 Å². The Balaban J connectivity index is 1.53. The SMILES string of the molecule is Cc1ccc(C(=O)N2CCO[C@@H](CC(c3ccccc3)c3ccccc3)C2)c(=O)[nH]1. The number of aryl methyl sites for hydroxylation is 1. The third-order valence-corrected chi connectivity index (χ3v) is 5.61. The van der Waals surface area contributed by atoms with Crippen molar-refractivity contribution in [3.05, 3.63) is 106 Å². The molecule has 30 heavy (non-hydrogen) atoms. The smallest absolute Gasteiger partial charge is 0.260 e. The Morgan fingerprint density at radius 2 is 1.67 bits per heavy atom. The molecule has 2 aromatic carbocycles. The van der Waals surface area contributed by atoms with Crippen LogP contribution in [-0.4, -0.2) is 41.6 Å². The maximum atomic E-state index is 13.0. The van der Waals surface area contributed by atoms with Gasteiger partial charge in [0.05, 0.1) is 12.7 Å². The molecule has 1 aliphatic rings. The van der Waals surface area contributed by atoms with Gasteiger partial charge in [0, 0.05) is 24.7 Å². The van der Waals surface area contributed by atoms with Crippen molar-refractivity contribution in [2.45, 2.75) is 25.4 Å². The molecule has 1 aliphatic heterocycles. The number of aromatic nitrogens is 1. The van der Waals surface area contributed by atoms with E-state index in [2.05, 4.69) is 29.2 Å². The van der Waals surface area contributed by atoms with Crippen LogP contribution in [0.2, 0.25) is 0 Å². The molecule has 5 heteroatoms. The van der Waals surface area contributed by atoms with Crippen molar-refractivity contribution < 1.29 is 9.53 Å². The lowest BCUT2D eigenvalue weighted by Crippen LogP contribution is -2.47. The number of nitrogens with zero attached hydrogens (tertiary/aromatic N) is 1. The highest BCUT2D eigenvalue weighted by molar-refractivity contribution is 5.93. The van der Waals surface area contributed by atoms with Crippen LogP contribution in [0.5, 0.6) is 0 Å². The number of pyridine rings is 1. The van der Waals surface area contributed by atoms with Crippen molar-refractivity contribution in [3.8, 4) is 0 Å². The number of nitrogens with one attached hydrogen (secondary N) is 1. The normalized spacial score (nSPS) is 16.6. The van der Waals surface area contributed by atoms with E-state index in [1.165, 1.54) is 11.1 Å². The first kappa shape index (κ1) is 20.1. The molecular weight excluding hydrogens is 376 g/mol. The maximum absolute atomic E-state index is 13.0. The van der Waals surface area contributed by atoms with Gasteiger partial charge in [0.15, 0.2) is 0 Å². The monoisotopic (exact) mass is 402 g/mol. The number of benzene rings is 2. The minimum atomic E-state index is -0.338. The molecule has 0 saturated carbocycles. The predicted molar refractivity (Wildman–Crippen MR) is 117 cm³/mol. The topological polar surface area (TPSA) is 62.4 Å². The summed E-state index contributed by atoms with van der Waals surface area (Å²) in [6.45, 7) is 3.23. The average molecular weight is 402 g/mol. The fourth-order valence-corrected chi connectivity index (χ4v) is 4.06. The number of aromatic amines is 1. The number of carbonyl (C=O) groups excluding carboxylic acids is 1. The molecule has 0 unspecified atom stereocenters. The molecule has 1 N–H and O–H groups in total. The van der Waals surface area contributed by atoms with Crippen LogP contribution in [0, 0.1) is 6.92 Å². The molecule has 1 amide bonds. The summed E-state index contributed by atoms with van der Waals surface area (Å²) in [5, 5.41) is 0. The lowest BCUT2D eigenvalue weighted by molar-refractivity contribution is -0.0264. The van der Waals surface area contributed by atoms with Gasteiger partial charge in [-0.25, -0.2) is 0 Å². The second-order valence-electron chi connectivity index (χ2n) is 7.74. The number of hydrogen-bond acceptors (Lipinski definition) is 3. The highest BCUT2D eigenvalue weighted by Crippen LogP contribution is 2.31. The van der Waals surface area contributed by atoms with E-state index >= 15 is 0 Å². The van der Waals surface area contributed by atoms with E-state index in [0.29, 0.717) is 19.7 Å². The Morgan fingerprint density at radius 3 is 2.27 bits per heavy atom. The molecule has 0 radical (unpaired) electrons. The molecule has 1 aromatic heterocycles. The summed E-state index contributed by atoms with van der Waals surface area (Å²) in [4.78, 5) is 29.6. The second-order valence-corrected chi connectivity index (χ2v) is 7.74. The van der Waals surface area contributed by atoms with E-state index in [1.54, 1.807) is 24.0 Å². The largest absolute Gasteiger partial charge is 0.375 e. The van der Waals surface area contributed by atoms with Crippen LogP contribution < -0.4 is 5.56 Å². The Morgan fingerprint density at radius 1 is 1.03 bits per heavy atom. The standard InChI is InChI=1S/C25H26N2O3/c1-18-12-13-22(24(28)26-18)25(29)27-14-15-30-21(17-27)16-23(19-8-4-2-5-9-19)20-10-6-3-7-11-20/h2-13,21,23H,14-17H2,1H3,(H,26,28)/t21-/m0/s1. The van der Waals surface area contributed by atoms with Gasteiger partial charge in [-0.05, 0) is 36.6 Å². The second kappa shape index (κ2) is 9.09. The summed E-state index contributed by atoms with van der Waals surface area (Å²) in [6.07, 6.45) is 0.667. The summed E-state index contributed by atoms with van der Waals surface area (Å²) in [5.74, 6) is -0.0595. The summed E-state index contributed by atoms with van der Waals surface area (Å²) >= 11 is 0. The lowest BCUT2D eigenvalue weighted by atomic mass is 9.86. The van der Waals surface area contributed by atoms with Crippen molar-refractivity contribution in [1.82, 2.24) is 9.88 Å². The van der Waals surface area contributed by atoms with Gasteiger partial charge in [-0.2, -0.15) is 0 Å². The molecule has 2 heterocycles. The van der Waals surface area contributed by atoms with E-state index in [1.807, 2.05) is 36.4 Å². The van der Waals surface area contributed by atoms with Crippen LogP contribution in [0.4, 0.5) is 0 Å². The molecular formula is C25H26N2O3.